The number of likely N-dealkylation sites (tertiary alicyclic amines) is 1. The lowest BCUT2D eigenvalue weighted by molar-refractivity contribution is -0.132. The number of aromatic nitrogens is 2. The molecule has 0 aliphatic carbocycles. The van der Waals surface area contributed by atoms with Gasteiger partial charge in [-0.05, 0) is 37.7 Å². The minimum Gasteiger partial charge on any atom is -0.381 e. The van der Waals surface area contributed by atoms with E-state index in [1.165, 1.54) is 5.56 Å². The van der Waals surface area contributed by atoms with Crippen molar-refractivity contribution in [3.63, 3.8) is 0 Å². The van der Waals surface area contributed by atoms with Crippen LogP contribution < -0.4 is 5.56 Å². The van der Waals surface area contributed by atoms with Crippen LogP contribution in [0.25, 0.3) is 0 Å². The highest BCUT2D eigenvalue weighted by atomic mass is 16.5. The van der Waals surface area contributed by atoms with Crippen molar-refractivity contribution in [1.82, 2.24) is 19.8 Å². The van der Waals surface area contributed by atoms with Gasteiger partial charge in [-0.2, -0.15) is 0 Å². The fourth-order valence-corrected chi connectivity index (χ4v) is 5.37. The number of nitrogens with zero attached hydrogens (tertiary/aromatic N) is 3. The summed E-state index contributed by atoms with van der Waals surface area (Å²) < 4.78 is 5.49. The number of rotatable bonds is 5. The summed E-state index contributed by atoms with van der Waals surface area (Å²) >= 11 is 0. The molecule has 0 radical (unpaired) electrons. The van der Waals surface area contributed by atoms with Crippen LogP contribution >= 0.6 is 0 Å². The molecular weight excluding hydrogens is 404 g/mol. The molecule has 2 saturated heterocycles. The van der Waals surface area contributed by atoms with Crippen LogP contribution in [-0.2, 0) is 28.9 Å². The van der Waals surface area contributed by atoms with E-state index in [0.717, 1.165) is 76.1 Å². The Balaban J connectivity index is 1.29. The molecule has 0 spiro atoms. The highest BCUT2D eigenvalue weighted by Gasteiger charge is 2.33. The average molecular weight is 437 g/mol. The molecule has 32 heavy (non-hydrogen) atoms. The van der Waals surface area contributed by atoms with Crippen LogP contribution in [0.4, 0.5) is 0 Å². The Labute approximate surface area is 188 Å². The predicted octanol–water partition coefficient (Wildman–Crippen LogP) is 2.60. The van der Waals surface area contributed by atoms with Gasteiger partial charge in [-0.15, -0.1) is 0 Å². The predicted molar refractivity (Wildman–Crippen MR) is 121 cm³/mol. The van der Waals surface area contributed by atoms with E-state index in [9.17, 15) is 9.59 Å². The molecule has 3 aliphatic heterocycles. The van der Waals surface area contributed by atoms with Gasteiger partial charge in [0.2, 0.25) is 5.91 Å². The molecular formula is C25H32N4O3. The van der Waals surface area contributed by atoms with Gasteiger partial charge in [0.1, 0.15) is 5.82 Å². The minimum absolute atomic E-state index is 0.0367. The summed E-state index contributed by atoms with van der Waals surface area (Å²) in [5.74, 6) is 0.807. The molecule has 1 atom stereocenters. The molecule has 1 aromatic heterocycles. The Morgan fingerprint density at radius 1 is 1.12 bits per heavy atom. The van der Waals surface area contributed by atoms with Gasteiger partial charge in [0.05, 0.1) is 17.3 Å². The third-order valence-electron chi connectivity index (χ3n) is 7.18. The standard InChI is InChI=1S/C25H32N4O3/c30-23(9-8-18-5-2-1-3-6-18)29-13-4-7-22(29)24-26-21-10-14-28(17-20(21)25(31)27-24)19-11-15-32-16-12-19/h1-3,5-6,19,22H,4,7-17H2,(H,26,27,31)/t22-/m1/s1. The van der Waals surface area contributed by atoms with Crippen LogP contribution in [-0.4, -0.2) is 58.0 Å². The number of nitrogens with one attached hydrogen (secondary N) is 1. The van der Waals surface area contributed by atoms with E-state index < -0.39 is 0 Å². The molecule has 0 saturated carbocycles. The Morgan fingerprint density at radius 3 is 2.75 bits per heavy atom. The topological polar surface area (TPSA) is 78.5 Å². The molecule has 170 valence electrons. The Bertz CT molecular complexity index is 1000. The number of ether oxygens (including phenoxy) is 1. The van der Waals surface area contributed by atoms with Gasteiger partial charge in [0, 0.05) is 51.7 Å². The van der Waals surface area contributed by atoms with Crippen LogP contribution in [0.2, 0.25) is 0 Å². The number of aryl methyl sites for hydroxylation is 1. The summed E-state index contributed by atoms with van der Waals surface area (Å²) in [5, 5.41) is 0. The third-order valence-corrected chi connectivity index (χ3v) is 7.18. The largest absolute Gasteiger partial charge is 0.381 e. The Hall–Kier alpha value is -2.51. The van der Waals surface area contributed by atoms with Crippen molar-refractivity contribution >= 4 is 5.91 Å². The van der Waals surface area contributed by atoms with Crippen molar-refractivity contribution in [2.45, 2.75) is 63.6 Å². The van der Waals surface area contributed by atoms with Crippen LogP contribution in [0.3, 0.4) is 0 Å². The maximum atomic E-state index is 13.0. The summed E-state index contributed by atoms with van der Waals surface area (Å²) in [6.07, 6.45) is 5.86. The first-order chi connectivity index (χ1) is 15.7. The second-order valence-electron chi connectivity index (χ2n) is 9.17. The average Bonchev–Trinajstić information content (AvgIpc) is 3.34. The van der Waals surface area contributed by atoms with Gasteiger partial charge in [0.25, 0.3) is 5.56 Å². The van der Waals surface area contributed by atoms with E-state index in [-0.39, 0.29) is 17.5 Å². The van der Waals surface area contributed by atoms with Gasteiger partial charge < -0.3 is 14.6 Å². The molecule has 2 aromatic rings. The van der Waals surface area contributed by atoms with Crippen molar-refractivity contribution in [2.75, 3.05) is 26.3 Å². The van der Waals surface area contributed by atoms with Gasteiger partial charge in [-0.25, -0.2) is 4.98 Å². The van der Waals surface area contributed by atoms with Crippen molar-refractivity contribution in [1.29, 1.82) is 0 Å². The van der Waals surface area contributed by atoms with Gasteiger partial charge in [0.15, 0.2) is 0 Å². The highest BCUT2D eigenvalue weighted by molar-refractivity contribution is 5.77. The molecule has 5 rings (SSSR count). The molecule has 2 fully saturated rings. The highest BCUT2D eigenvalue weighted by Crippen LogP contribution is 2.31. The lowest BCUT2D eigenvalue weighted by Crippen LogP contribution is -2.44. The van der Waals surface area contributed by atoms with E-state index in [0.29, 0.717) is 24.8 Å². The number of H-pyrrole nitrogens is 1. The van der Waals surface area contributed by atoms with Gasteiger partial charge in [-0.3, -0.25) is 14.5 Å². The van der Waals surface area contributed by atoms with Crippen LogP contribution in [0, 0.1) is 0 Å². The summed E-state index contributed by atoms with van der Waals surface area (Å²) in [6, 6.07) is 10.5. The third kappa shape index (κ3) is 4.50. The van der Waals surface area contributed by atoms with Crippen LogP contribution in [0.1, 0.15) is 60.8 Å². The van der Waals surface area contributed by atoms with E-state index in [2.05, 4.69) is 22.0 Å². The van der Waals surface area contributed by atoms with E-state index >= 15 is 0 Å². The normalized spacial score (nSPS) is 22.1. The fourth-order valence-electron chi connectivity index (χ4n) is 5.37. The first kappa shape index (κ1) is 21.3. The number of hydrogen-bond acceptors (Lipinski definition) is 5. The number of amides is 1. The summed E-state index contributed by atoms with van der Waals surface area (Å²) in [5.41, 5.74) is 2.85. The lowest BCUT2D eigenvalue weighted by atomic mass is 10.0. The fraction of sp³-hybridized carbons (Fsp3) is 0.560. The molecule has 7 nitrogen and oxygen atoms in total. The van der Waals surface area contributed by atoms with Gasteiger partial charge >= 0.3 is 0 Å². The Morgan fingerprint density at radius 2 is 1.94 bits per heavy atom. The van der Waals surface area contributed by atoms with Crippen molar-refractivity contribution in [3.8, 4) is 0 Å². The number of aromatic amines is 1. The smallest absolute Gasteiger partial charge is 0.255 e. The zero-order valence-electron chi connectivity index (χ0n) is 18.6. The van der Waals surface area contributed by atoms with Gasteiger partial charge in [-0.1, -0.05) is 30.3 Å². The summed E-state index contributed by atoms with van der Waals surface area (Å²) in [7, 11) is 0. The quantitative estimate of drug-likeness (QED) is 0.780. The number of carbonyl (C=O) groups is 1. The van der Waals surface area contributed by atoms with Crippen molar-refractivity contribution in [2.24, 2.45) is 0 Å². The van der Waals surface area contributed by atoms with Crippen LogP contribution in [0.5, 0.6) is 0 Å². The molecule has 4 heterocycles. The van der Waals surface area contributed by atoms with E-state index in [4.69, 9.17) is 9.72 Å². The Kier molecular flexibility index (Phi) is 6.37. The molecule has 0 unspecified atom stereocenters. The number of benzene rings is 1. The zero-order valence-corrected chi connectivity index (χ0v) is 18.6. The van der Waals surface area contributed by atoms with E-state index in [1.54, 1.807) is 0 Å². The summed E-state index contributed by atoms with van der Waals surface area (Å²) in [6.45, 7) is 3.93. The number of hydrogen-bond donors (Lipinski definition) is 1. The molecule has 1 N–H and O–H groups in total. The van der Waals surface area contributed by atoms with Crippen molar-refractivity contribution < 1.29 is 9.53 Å². The van der Waals surface area contributed by atoms with Crippen molar-refractivity contribution in [3.05, 3.63) is 63.3 Å². The maximum Gasteiger partial charge on any atom is 0.255 e. The lowest BCUT2D eigenvalue weighted by Gasteiger charge is -2.37. The first-order valence-electron chi connectivity index (χ1n) is 12.0. The molecule has 1 amide bonds. The monoisotopic (exact) mass is 436 g/mol. The minimum atomic E-state index is -0.121. The molecule has 3 aliphatic rings. The maximum absolute atomic E-state index is 13.0. The number of fused-ring (bicyclic) bond motifs is 1. The molecule has 0 bridgehead atoms. The second kappa shape index (κ2) is 9.55. The zero-order chi connectivity index (χ0) is 21.9. The second-order valence-corrected chi connectivity index (χ2v) is 9.17. The molecule has 7 heteroatoms. The van der Waals surface area contributed by atoms with Crippen LogP contribution in [0.15, 0.2) is 35.1 Å². The van der Waals surface area contributed by atoms with E-state index in [1.807, 2.05) is 23.1 Å². The number of carbonyl (C=O) groups excluding carboxylic acids is 1. The SMILES string of the molecule is O=C(CCc1ccccc1)N1CCC[C@@H]1c1nc2c(c(=O)[nH]1)CN(C1CCOCC1)CC2. The molecule has 1 aromatic carbocycles. The first-order valence-corrected chi connectivity index (χ1v) is 12.0. The summed E-state index contributed by atoms with van der Waals surface area (Å²) in [4.78, 5) is 38.3.